The minimum absolute atomic E-state index is 0.0792. The van der Waals surface area contributed by atoms with Gasteiger partial charge in [0.2, 0.25) is 0 Å². The summed E-state index contributed by atoms with van der Waals surface area (Å²) in [6.07, 6.45) is 1.58. The van der Waals surface area contributed by atoms with E-state index in [1.165, 1.54) is 12.1 Å². The van der Waals surface area contributed by atoms with Gasteiger partial charge in [-0.25, -0.2) is 0 Å². The Hall–Kier alpha value is -1.62. The lowest BCUT2D eigenvalue weighted by molar-refractivity contribution is 0.0926. The Morgan fingerprint density at radius 3 is 2.59 bits per heavy atom. The van der Waals surface area contributed by atoms with Crippen molar-refractivity contribution in [1.29, 1.82) is 0 Å². The number of amides is 1. The third kappa shape index (κ3) is 4.19. The molecule has 2 rings (SSSR count). The number of furan rings is 1. The van der Waals surface area contributed by atoms with Crippen LogP contribution in [-0.4, -0.2) is 12.5 Å². The predicted octanol–water partition coefficient (Wildman–Crippen LogP) is 4.73. The van der Waals surface area contributed by atoms with Crippen LogP contribution in [0.15, 0.2) is 41.3 Å². The zero-order chi connectivity index (χ0) is 16.1. The van der Waals surface area contributed by atoms with Crippen LogP contribution in [0.3, 0.4) is 0 Å². The number of ether oxygens (including phenoxy) is 1. The molecule has 2 aromatic rings. The van der Waals surface area contributed by atoms with Gasteiger partial charge in [-0.15, -0.1) is 6.58 Å². The largest absolute Gasteiger partial charge is 0.483 e. The first-order valence-electron chi connectivity index (χ1n) is 6.26. The van der Waals surface area contributed by atoms with Crippen LogP contribution in [0.5, 0.6) is 5.75 Å². The SMILES string of the molecule is C=CCNC(=O)c1ccc(COc2c(Cl)cc(Cl)cc2Cl)o1. The summed E-state index contributed by atoms with van der Waals surface area (Å²) in [4.78, 5) is 11.7. The fourth-order valence-corrected chi connectivity index (χ4v) is 2.57. The summed E-state index contributed by atoms with van der Waals surface area (Å²) in [5.74, 6) is 0.634. The molecule has 0 aliphatic heterocycles. The van der Waals surface area contributed by atoms with Crippen molar-refractivity contribution in [3.8, 4) is 5.75 Å². The summed E-state index contributed by atoms with van der Waals surface area (Å²) in [6.45, 7) is 3.96. The Balaban J connectivity index is 2.02. The number of hydrogen-bond donors (Lipinski definition) is 1. The number of carbonyl (C=O) groups is 1. The van der Waals surface area contributed by atoms with Gasteiger partial charge in [-0.1, -0.05) is 40.9 Å². The molecule has 0 unspecified atom stereocenters. The Bertz CT molecular complexity index is 674. The Morgan fingerprint density at radius 1 is 1.27 bits per heavy atom. The van der Waals surface area contributed by atoms with Gasteiger partial charge in [0, 0.05) is 11.6 Å². The average molecular weight is 361 g/mol. The third-order valence-corrected chi connectivity index (χ3v) is 3.39. The molecule has 7 heteroatoms. The van der Waals surface area contributed by atoms with E-state index in [-0.39, 0.29) is 18.3 Å². The maximum absolute atomic E-state index is 11.7. The summed E-state index contributed by atoms with van der Waals surface area (Å²) in [7, 11) is 0. The van der Waals surface area contributed by atoms with Crippen LogP contribution in [-0.2, 0) is 6.61 Å². The summed E-state index contributed by atoms with van der Waals surface area (Å²) >= 11 is 17.9. The lowest BCUT2D eigenvalue weighted by Gasteiger charge is -2.09. The number of halogens is 3. The standard InChI is InChI=1S/C15H12Cl3NO3/c1-2-5-19-15(20)13-4-3-10(22-13)8-21-14-11(17)6-9(16)7-12(14)18/h2-4,6-7H,1,5,8H2,(H,19,20). The van der Waals surface area contributed by atoms with Crippen molar-refractivity contribution < 1.29 is 13.9 Å². The van der Waals surface area contributed by atoms with E-state index in [1.807, 2.05) is 0 Å². The molecule has 22 heavy (non-hydrogen) atoms. The van der Waals surface area contributed by atoms with Crippen molar-refractivity contribution in [1.82, 2.24) is 5.32 Å². The van der Waals surface area contributed by atoms with E-state index in [1.54, 1.807) is 18.2 Å². The highest BCUT2D eigenvalue weighted by Crippen LogP contribution is 2.36. The zero-order valence-corrected chi connectivity index (χ0v) is 13.6. The molecule has 0 radical (unpaired) electrons. The predicted molar refractivity (Wildman–Crippen MR) is 87.0 cm³/mol. The molecule has 0 fully saturated rings. The Kier molecular flexibility index (Phi) is 5.77. The van der Waals surface area contributed by atoms with Crippen LogP contribution >= 0.6 is 34.8 Å². The van der Waals surface area contributed by atoms with Crippen LogP contribution in [0.1, 0.15) is 16.3 Å². The molecular formula is C15H12Cl3NO3. The van der Waals surface area contributed by atoms with Gasteiger partial charge in [-0.05, 0) is 24.3 Å². The first-order valence-corrected chi connectivity index (χ1v) is 7.39. The minimum atomic E-state index is -0.325. The molecule has 0 atom stereocenters. The van der Waals surface area contributed by atoms with E-state index in [4.69, 9.17) is 44.0 Å². The third-order valence-electron chi connectivity index (χ3n) is 2.61. The van der Waals surface area contributed by atoms with Crippen LogP contribution in [0.25, 0.3) is 0 Å². The van der Waals surface area contributed by atoms with E-state index >= 15 is 0 Å². The van der Waals surface area contributed by atoms with Gasteiger partial charge in [0.15, 0.2) is 11.5 Å². The van der Waals surface area contributed by atoms with Crippen LogP contribution in [0.2, 0.25) is 15.1 Å². The monoisotopic (exact) mass is 359 g/mol. The fraction of sp³-hybridized carbons (Fsp3) is 0.133. The molecule has 0 aliphatic rings. The quantitative estimate of drug-likeness (QED) is 0.757. The number of nitrogens with one attached hydrogen (secondary N) is 1. The van der Waals surface area contributed by atoms with Crippen molar-refractivity contribution in [2.24, 2.45) is 0 Å². The van der Waals surface area contributed by atoms with Crippen molar-refractivity contribution in [2.75, 3.05) is 6.54 Å². The highest BCUT2D eigenvalue weighted by Gasteiger charge is 2.13. The van der Waals surface area contributed by atoms with Crippen molar-refractivity contribution in [3.05, 3.63) is 63.5 Å². The molecule has 0 saturated heterocycles. The van der Waals surface area contributed by atoms with Crippen LogP contribution < -0.4 is 10.1 Å². The molecule has 116 valence electrons. The average Bonchev–Trinajstić information content (AvgIpc) is 2.92. The highest BCUT2D eigenvalue weighted by molar-refractivity contribution is 6.40. The van der Waals surface area contributed by atoms with Crippen LogP contribution in [0.4, 0.5) is 0 Å². The van der Waals surface area contributed by atoms with E-state index in [2.05, 4.69) is 11.9 Å². The molecule has 1 amide bonds. The van der Waals surface area contributed by atoms with Gasteiger partial charge in [-0.3, -0.25) is 4.79 Å². The lowest BCUT2D eigenvalue weighted by atomic mass is 10.3. The molecule has 0 saturated carbocycles. The maximum Gasteiger partial charge on any atom is 0.287 e. The Labute approximate surface area is 142 Å². The number of hydrogen-bond acceptors (Lipinski definition) is 3. The maximum atomic E-state index is 11.7. The normalized spacial score (nSPS) is 10.3. The van der Waals surface area contributed by atoms with Gasteiger partial charge >= 0.3 is 0 Å². The van der Waals surface area contributed by atoms with Gasteiger partial charge in [0.1, 0.15) is 12.4 Å². The number of rotatable bonds is 6. The van der Waals surface area contributed by atoms with Gasteiger partial charge in [0.05, 0.1) is 10.0 Å². The van der Waals surface area contributed by atoms with Crippen molar-refractivity contribution in [3.63, 3.8) is 0 Å². The first kappa shape index (κ1) is 16.7. The topological polar surface area (TPSA) is 51.5 Å². The zero-order valence-electron chi connectivity index (χ0n) is 11.4. The summed E-state index contributed by atoms with van der Waals surface area (Å²) in [5, 5.41) is 3.63. The van der Waals surface area contributed by atoms with E-state index in [0.29, 0.717) is 33.1 Å². The molecule has 0 bridgehead atoms. The molecule has 0 aliphatic carbocycles. The Morgan fingerprint density at radius 2 is 1.95 bits per heavy atom. The van der Waals surface area contributed by atoms with Crippen molar-refractivity contribution >= 4 is 40.7 Å². The lowest BCUT2D eigenvalue weighted by Crippen LogP contribution is -2.22. The molecule has 1 aromatic carbocycles. The summed E-state index contributed by atoms with van der Waals surface area (Å²) in [6, 6.07) is 6.25. The van der Waals surface area contributed by atoms with Crippen molar-refractivity contribution in [2.45, 2.75) is 6.61 Å². The highest BCUT2D eigenvalue weighted by atomic mass is 35.5. The second-order valence-corrected chi connectivity index (χ2v) is 5.50. The second kappa shape index (κ2) is 7.58. The van der Waals surface area contributed by atoms with E-state index < -0.39 is 0 Å². The van der Waals surface area contributed by atoms with E-state index in [0.717, 1.165) is 0 Å². The molecule has 1 N–H and O–H groups in total. The molecule has 0 spiro atoms. The van der Waals surface area contributed by atoms with Gasteiger partial charge < -0.3 is 14.5 Å². The second-order valence-electron chi connectivity index (χ2n) is 4.25. The fourth-order valence-electron chi connectivity index (χ4n) is 1.64. The molecular weight excluding hydrogens is 349 g/mol. The summed E-state index contributed by atoms with van der Waals surface area (Å²) < 4.78 is 10.9. The minimum Gasteiger partial charge on any atom is -0.483 e. The molecule has 4 nitrogen and oxygen atoms in total. The summed E-state index contributed by atoms with van der Waals surface area (Å²) in [5.41, 5.74) is 0. The number of benzene rings is 1. The molecule has 1 aromatic heterocycles. The first-order chi connectivity index (χ1) is 10.5. The number of carbonyl (C=O) groups excluding carboxylic acids is 1. The smallest absolute Gasteiger partial charge is 0.287 e. The van der Waals surface area contributed by atoms with E-state index in [9.17, 15) is 4.79 Å². The molecule has 1 heterocycles. The van der Waals surface area contributed by atoms with Gasteiger partial charge in [0.25, 0.3) is 5.91 Å². The van der Waals surface area contributed by atoms with Gasteiger partial charge in [-0.2, -0.15) is 0 Å². The van der Waals surface area contributed by atoms with Crippen LogP contribution in [0, 0.1) is 0 Å².